The zero-order valence-corrected chi connectivity index (χ0v) is 13.0. The molecule has 116 valence electrons. The molecular formula is C19H23NO2. The van der Waals surface area contributed by atoms with Crippen molar-refractivity contribution in [3.8, 4) is 11.5 Å². The molecule has 1 N–H and O–H groups in total. The molecule has 0 aromatic heterocycles. The van der Waals surface area contributed by atoms with Gasteiger partial charge in [-0.05, 0) is 48.4 Å². The molecule has 0 fully saturated rings. The molecule has 0 spiro atoms. The van der Waals surface area contributed by atoms with Gasteiger partial charge in [-0.1, -0.05) is 36.9 Å². The molecule has 2 aromatic carbocycles. The van der Waals surface area contributed by atoms with Crippen LogP contribution in [0.5, 0.6) is 11.5 Å². The minimum Gasteiger partial charge on any atom is -0.497 e. The Morgan fingerprint density at radius 3 is 2.23 bits per heavy atom. The molecule has 2 aromatic rings. The third-order valence-corrected chi connectivity index (χ3v) is 3.37. The van der Waals surface area contributed by atoms with E-state index in [1.165, 1.54) is 11.1 Å². The second-order valence-corrected chi connectivity index (χ2v) is 5.02. The van der Waals surface area contributed by atoms with Crippen LogP contribution in [0.3, 0.4) is 0 Å². The number of rotatable bonds is 9. The summed E-state index contributed by atoms with van der Waals surface area (Å²) in [5, 5.41) is 3.45. The molecule has 22 heavy (non-hydrogen) atoms. The van der Waals surface area contributed by atoms with Gasteiger partial charge in [0, 0.05) is 6.54 Å². The van der Waals surface area contributed by atoms with Crippen LogP contribution in [0.1, 0.15) is 11.1 Å². The molecule has 3 nitrogen and oxygen atoms in total. The fourth-order valence-corrected chi connectivity index (χ4v) is 2.12. The molecule has 0 bridgehead atoms. The molecule has 0 atom stereocenters. The van der Waals surface area contributed by atoms with E-state index in [-0.39, 0.29) is 0 Å². The van der Waals surface area contributed by atoms with Crippen molar-refractivity contribution in [2.75, 3.05) is 20.3 Å². The highest BCUT2D eigenvalue weighted by Crippen LogP contribution is 2.13. The van der Waals surface area contributed by atoms with E-state index in [9.17, 15) is 0 Å². The molecule has 0 aliphatic carbocycles. The number of hydrogen-bond donors (Lipinski definition) is 1. The van der Waals surface area contributed by atoms with E-state index in [0.717, 1.165) is 31.0 Å². The summed E-state index contributed by atoms with van der Waals surface area (Å²) in [6.45, 7) is 5.98. The molecule has 0 aliphatic heterocycles. The Labute approximate surface area is 132 Å². The fraction of sp³-hybridized carbons (Fsp3) is 0.263. The Morgan fingerprint density at radius 2 is 1.59 bits per heavy atom. The highest BCUT2D eigenvalue weighted by atomic mass is 16.5. The molecule has 0 aliphatic rings. The lowest BCUT2D eigenvalue weighted by Gasteiger charge is -2.07. The lowest BCUT2D eigenvalue weighted by atomic mass is 10.1. The van der Waals surface area contributed by atoms with Gasteiger partial charge in [-0.3, -0.25) is 0 Å². The van der Waals surface area contributed by atoms with Crippen LogP contribution in [0.25, 0.3) is 0 Å². The van der Waals surface area contributed by atoms with E-state index < -0.39 is 0 Å². The fourth-order valence-electron chi connectivity index (χ4n) is 2.12. The molecule has 0 amide bonds. The van der Waals surface area contributed by atoms with Crippen molar-refractivity contribution in [1.29, 1.82) is 0 Å². The Bertz CT molecular complexity index is 561. The standard InChI is InChI=1S/C19H23NO2/c1-3-14-22-19-10-6-17(7-11-19)15-20-13-12-16-4-8-18(21-2)9-5-16/h3-11,20H,1,12-15H2,2H3. The lowest BCUT2D eigenvalue weighted by molar-refractivity contribution is 0.363. The van der Waals surface area contributed by atoms with Gasteiger partial charge in [0.1, 0.15) is 18.1 Å². The van der Waals surface area contributed by atoms with Crippen molar-refractivity contribution >= 4 is 0 Å². The summed E-state index contributed by atoms with van der Waals surface area (Å²) in [7, 11) is 1.68. The van der Waals surface area contributed by atoms with Gasteiger partial charge in [-0.25, -0.2) is 0 Å². The van der Waals surface area contributed by atoms with Gasteiger partial charge in [-0.2, -0.15) is 0 Å². The zero-order chi connectivity index (χ0) is 15.6. The maximum absolute atomic E-state index is 5.46. The number of ether oxygens (including phenoxy) is 2. The second-order valence-electron chi connectivity index (χ2n) is 5.02. The number of benzene rings is 2. The predicted octanol–water partition coefficient (Wildman–Crippen LogP) is 3.59. The summed E-state index contributed by atoms with van der Waals surface area (Å²) in [6, 6.07) is 16.3. The first-order valence-corrected chi connectivity index (χ1v) is 7.48. The van der Waals surface area contributed by atoms with E-state index >= 15 is 0 Å². The minimum absolute atomic E-state index is 0.541. The number of nitrogens with one attached hydrogen (secondary N) is 1. The summed E-state index contributed by atoms with van der Waals surface area (Å²) >= 11 is 0. The van der Waals surface area contributed by atoms with E-state index in [4.69, 9.17) is 9.47 Å². The molecule has 3 heteroatoms. The summed E-state index contributed by atoms with van der Waals surface area (Å²) in [6.07, 6.45) is 2.75. The first-order chi connectivity index (χ1) is 10.8. The summed E-state index contributed by atoms with van der Waals surface area (Å²) in [4.78, 5) is 0. The van der Waals surface area contributed by atoms with Crippen LogP contribution >= 0.6 is 0 Å². The first-order valence-electron chi connectivity index (χ1n) is 7.48. The van der Waals surface area contributed by atoms with Gasteiger partial charge in [0.05, 0.1) is 7.11 Å². The summed E-state index contributed by atoms with van der Waals surface area (Å²) in [5.41, 5.74) is 2.56. The molecule has 0 unspecified atom stereocenters. The maximum atomic E-state index is 5.46. The van der Waals surface area contributed by atoms with Gasteiger partial charge in [0.15, 0.2) is 0 Å². The van der Waals surface area contributed by atoms with E-state index in [0.29, 0.717) is 6.61 Å². The van der Waals surface area contributed by atoms with Crippen molar-refractivity contribution in [3.63, 3.8) is 0 Å². The van der Waals surface area contributed by atoms with Crippen LogP contribution in [0, 0.1) is 0 Å². The Morgan fingerprint density at radius 1 is 0.955 bits per heavy atom. The summed E-state index contributed by atoms with van der Waals surface area (Å²) in [5.74, 6) is 1.78. The Balaban J connectivity index is 1.70. The van der Waals surface area contributed by atoms with Gasteiger partial charge in [0.2, 0.25) is 0 Å². The van der Waals surface area contributed by atoms with Crippen LogP contribution in [0.15, 0.2) is 61.2 Å². The quantitative estimate of drug-likeness (QED) is 0.567. The van der Waals surface area contributed by atoms with Crippen LogP contribution in [-0.4, -0.2) is 20.3 Å². The monoisotopic (exact) mass is 297 g/mol. The molecule has 0 radical (unpaired) electrons. The number of methoxy groups -OCH3 is 1. The molecule has 0 saturated carbocycles. The highest BCUT2D eigenvalue weighted by Gasteiger charge is 1.97. The predicted molar refractivity (Wildman–Crippen MR) is 90.5 cm³/mol. The normalized spacial score (nSPS) is 10.2. The third kappa shape index (κ3) is 5.26. The maximum Gasteiger partial charge on any atom is 0.119 e. The van der Waals surface area contributed by atoms with Crippen molar-refractivity contribution in [1.82, 2.24) is 5.32 Å². The lowest BCUT2D eigenvalue weighted by Crippen LogP contribution is -2.16. The second kappa shape index (κ2) is 8.90. The van der Waals surface area contributed by atoms with Crippen LogP contribution in [-0.2, 0) is 13.0 Å². The summed E-state index contributed by atoms with van der Waals surface area (Å²) < 4.78 is 10.6. The smallest absolute Gasteiger partial charge is 0.119 e. The minimum atomic E-state index is 0.541. The van der Waals surface area contributed by atoms with E-state index in [1.54, 1.807) is 13.2 Å². The van der Waals surface area contributed by atoms with Crippen molar-refractivity contribution < 1.29 is 9.47 Å². The number of hydrogen-bond acceptors (Lipinski definition) is 3. The van der Waals surface area contributed by atoms with Crippen molar-refractivity contribution in [2.24, 2.45) is 0 Å². The Kier molecular flexibility index (Phi) is 6.52. The van der Waals surface area contributed by atoms with Gasteiger partial charge < -0.3 is 14.8 Å². The topological polar surface area (TPSA) is 30.5 Å². The third-order valence-electron chi connectivity index (χ3n) is 3.37. The van der Waals surface area contributed by atoms with Gasteiger partial charge >= 0.3 is 0 Å². The largest absolute Gasteiger partial charge is 0.497 e. The molecule has 0 heterocycles. The van der Waals surface area contributed by atoms with Crippen molar-refractivity contribution in [2.45, 2.75) is 13.0 Å². The van der Waals surface area contributed by atoms with E-state index in [1.807, 2.05) is 24.3 Å². The van der Waals surface area contributed by atoms with Crippen molar-refractivity contribution in [3.05, 3.63) is 72.3 Å². The Hall–Kier alpha value is -2.26. The van der Waals surface area contributed by atoms with Crippen LogP contribution in [0.4, 0.5) is 0 Å². The SMILES string of the molecule is C=CCOc1ccc(CNCCc2ccc(OC)cc2)cc1. The highest BCUT2D eigenvalue weighted by molar-refractivity contribution is 5.28. The van der Waals surface area contributed by atoms with Crippen LogP contribution < -0.4 is 14.8 Å². The molecule has 2 rings (SSSR count). The van der Waals surface area contributed by atoms with E-state index in [2.05, 4.69) is 36.2 Å². The first kappa shape index (κ1) is 16.1. The van der Waals surface area contributed by atoms with Crippen LogP contribution in [0.2, 0.25) is 0 Å². The zero-order valence-electron chi connectivity index (χ0n) is 13.0. The molecular weight excluding hydrogens is 274 g/mol. The van der Waals surface area contributed by atoms with Gasteiger partial charge in [-0.15, -0.1) is 0 Å². The average molecular weight is 297 g/mol. The average Bonchev–Trinajstić information content (AvgIpc) is 2.58. The molecule has 0 saturated heterocycles. The van der Waals surface area contributed by atoms with Gasteiger partial charge in [0.25, 0.3) is 0 Å².